The van der Waals surface area contributed by atoms with Crippen molar-refractivity contribution in [2.75, 3.05) is 5.32 Å². The third-order valence-corrected chi connectivity index (χ3v) is 2.27. The van der Waals surface area contributed by atoms with E-state index < -0.39 is 0 Å². The van der Waals surface area contributed by atoms with Gasteiger partial charge < -0.3 is 5.32 Å². The zero-order valence-electron chi connectivity index (χ0n) is 9.86. The van der Waals surface area contributed by atoms with Crippen LogP contribution in [0.15, 0.2) is 24.4 Å². The highest BCUT2D eigenvalue weighted by molar-refractivity contribution is 5.88. The van der Waals surface area contributed by atoms with Crippen LogP contribution >= 0.6 is 0 Å². The van der Waals surface area contributed by atoms with Gasteiger partial charge in [0, 0.05) is 12.2 Å². The Kier molecular flexibility index (Phi) is 5.32. The Morgan fingerprint density at radius 1 is 1.50 bits per heavy atom. The van der Waals surface area contributed by atoms with Gasteiger partial charge in [0.1, 0.15) is 5.82 Å². The summed E-state index contributed by atoms with van der Waals surface area (Å²) >= 11 is 0. The van der Waals surface area contributed by atoms with Gasteiger partial charge in [0.05, 0.1) is 0 Å². The van der Waals surface area contributed by atoms with Crippen molar-refractivity contribution in [3.63, 3.8) is 0 Å². The first-order valence-corrected chi connectivity index (χ1v) is 5.71. The number of pyridine rings is 1. The Bertz CT molecular complexity index is 313. The van der Waals surface area contributed by atoms with Crippen LogP contribution < -0.4 is 10.6 Å². The van der Waals surface area contributed by atoms with E-state index >= 15 is 0 Å². The average molecular weight is 221 g/mol. The molecular weight excluding hydrogens is 202 g/mol. The van der Waals surface area contributed by atoms with Crippen LogP contribution in [-0.2, 0) is 0 Å². The Balaban J connectivity index is 2.31. The molecule has 4 heteroatoms. The number of nitrogens with one attached hydrogen (secondary N) is 2. The van der Waals surface area contributed by atoms with E-state index in [4.69, 9.17) is 0 Å². The van der Waals surface area contributed by atoms with Crippen LogP contribution in [0.1, 0.15) is 33.1 Å². The monoisotopic (exact) mass is 221 g/mol. The van der Waals surface area contributed by atoms with Gasteiger partial charge in [0.2, 0.25) is 0 Å². The molecule has 0 radical (unpaired) electrons. The molecule has 1 heterocycles. The van der Waals surface area contributed by atoms with Crippen molar-refractivity contribution in [2.24, 2.45) is 0 Å². The molecule has 88 valence electrons. The third kappa shape index (κ3) is 4.77. The predicted octanol–water partition coefficient (Wildman–Crippen LogP) is 2.78. The number of nitrogens with zero attached hydrogens (tertiary/aromatic N) is 1. The van der Waals surface area contributed by atoms with Crippen molar-refractivity contribution in [3.8, 4) is 0 Å². The summed E-state index contributed by atoms with van der Waals surface area (Å²) in [5, 5.41) is 5.56. The number of rotatable bonds is 5. The van der Waals surface area contributed by atoms with Crippen molar-refractivity contribution in [3.05, 3.63) is 24.4 Å². The zero-order chi connectivity index (χ0) is 11.8. The number of anilines is 1. The predicted molar refractivity (Wildman–Crippen MR) is 65.4 cm³/mol. The molecule has 4 nitrogen and oxygen atoms in total. The minimum Gasteiger partial charge on any atom is -0.335 e. The average Bonchev–Trinajstić information content (AvgIpc) is 2.27. The molecule has 0 aliphatic heterocycles. The number of amides is 2. The van der Waals surface area contributed by atoms with Crippen LogP contribution in [0.2, 0.25) is 0 Å². The number of hydrogen-bond acceptors (Lipinski definition) is 2. The number of aromatic nitrogens is 1. The Morgan fingerprint density at radius 3 is 2.94 bits per heavy atom. The maximum absolute atomic E-state index is 11.5. The van der Waals surface area contributed by atoms with E-state index in [-0.39, 0.29) is 12.1 Å². The van der Waals surface area contributed by atoms with Crippen LogP contribution in [0.3, 0.4) is 0 Å². The fourth-order valence-corrected chi connectivity index (χ4v) is 1.40. The van der Waals surface area contributed by atoms with Crippen LogP contribution in [0, 0.1) is 0 Å². The molecule has 0 fully saturated rings. The summed E-state index contributed by atoms with van der Waals surface area (Å²) in [4.78, 5) is 15.5. The maximum Gasteiger partial charge on any atom is 0.320 e. The molecule has 1 unspecified atom stereocenters. The van der Waals surface area contributed by atoms with Gasteiger partial charge in [-0.1, -0.05) is 25.8 Å². The van der Waals surface area contributed by atoms with E-state index in [9.17, 15) is 4.79 Å². The molecule has 0 bridgehead atoms. The van der Waals surface area contributed by atoms with Gasteiger partial charge in [-0.25, -0.2) is 9.78 Å². The van der Waals surface area contributed by atoms with Gasteiger partial charge in [-0.15, -0.1) is 0 Å². The molecule has 0 saturated carbocycles. The van der Waals surface area contributed by atoms with Crippen molar-refractivity contribution in [2.45, 2.75) is 39.2 Å². The Labute approximate surface area is 96.5 Å². The van der Waals surface area contributed by atoms with Crippen molar-refractivity contribution in [1.82, 2.24) is 10.3 Å². The van der Waals surface area contributed by atoms with E-state index in [1.165, 1.54) is 0 Å². The largest absolute Gasteiger partial charge is 0.335 e. The minimum atomic E-state index is -0.192. The number of unbranched alkanes of at least 4 members (excludes halogenated alkanes) is 1. The first-order chi connectivity index (χ1) is 7.72. The molecule has 2 amide bonds. The standard InChI is InChI=1S/C12H19N3O/c1-3-4-7-10(2)14-12(16)15-11-8-5-6-9-13-11/h5-6,8-10H,3-4,7H2,1-2H3,(H2,13,14,15,16). The van der Waals surface area contributed by atoms with Crippen molar-refractivity contribution < 1.29 is 4.79 Å². The van der Waals surface area contributed by atoms with Crippen LogP contribution in [0.25, 0.3) is 0 Å². The quantitative estimate of drug-likeness (QED) is 0.803. The molecule has 16 heavy (non-hydrogen) atoms. The highest BCUT2D eigenvalue weighted by Gasteiger charge is 2.06. The summed E-state index contributed by atoms with van der Waals surface area (Å²) in [7, 11) is 0. The van der Waals surface area contributed by atoms with E-state index in [2.05, 4.69) is 22.5 Å². The molecule has 0 aliphatic carbocycles. The molecule has 0 aliphatic rings. The smallest absolute Gasteiger partial charge is 0.320 e. The Morgan fingerprint density at radius 2 is 2.31 bits per heavy atom. The molecule has 1 rings (SSSR count). The highest BCUT2D eigenvalue weighted by atomic mass is 16.2. The lowest BCUT2D eigenvalue weighted by molar-refractivity contribution is 0.248. The SMILES string of the molecule is CCCCC(C)NC(=O)Nc1ccccn1. The zero-order valence-corrected chi connectivity index (χ0v) is 9.86. The lowest BCUT2D eigenvalue weighted by atomic mass is 10.1. The minimum absolute atomic E-state index is 0.192. The summed E-state index contributed by atoms with van der Waals surface area (Å²) in [5.41, 5.74) is 0. The maximum atomic E-state index is 11.5. The molecule has 0 aromatic carbocycles. The Hall–Kier alpha value is -1.58. The first-order valence-electron chi connectivity index (χ1n) is 5.71. The number of carbonyl (C=O) groups is 1. The number of hydrogen-bond donors (Lipinski definition) is 2. The van der Waals surface area contributed by atoms with Gasteiger partial charge in [0.25, 0.3) is 0 Å². The molecule has 2 N–H and O–H groups in total. The van der Waals surface area contributed by atoms with Gasteiger partial charge in [-0.3, -0.25) is 5.32 Å². The normalized spacial score (nSPS) is 11.9. The fourth-order valence-electron chi connectivity index (χ4n) is 1.40. The highest BCUT2D eigenvalue weighted by Crippen LogP contribution is 2.02. The molecule has 1 aromatic heterocycles. The van der Waals surface area contributed by atoms with Crippen LogP contribution in [-0.4, -0.2) is 17.1 Å². The number of carbonyl (C=O) groups excluding carboxylic acids is 1. The van der Waals surface area contributed by atoms with Gasteiger partial charge in [0.15, 0.2) is 0 Å². The summed E-state index contributed by atoms with van der Waals surface area (Å²) < 4.78 is 0. The van der Waals surface area contributed by atoms with Crippen LogP contribution in [0.5, 0.6) is 0 Å². The molecule has 1 atom stereocenters. The molecule has 0 saturated heterocycles. The summed E-state index contributed by atoms with van der Waals surface area (Å²) in [5.74, 6) is 0.572. The number of urea groups is 1. The second-order valence-electron chi connectivity index (χ2n) is 3.86. The summed E-state index contributed by atoms with van der Waals surface area (Å²) in [6.45, 7) is 4.15. The molecule has 1 aromatic rings. The summed E-state index contributed by atoms with van der Waals surface area (Å²) in [6.07, 6.45) is 4.93. The van der Waals surface area contributed by atoms with E-state index in [0.29, 0.717) is 5.82 Å². The second kappa shape index (κ2) is 6.82. The molecule has 0 spiro atoms. The van der Waals surface area contributed by atoms with E-state index in [1.54, 1.807) is 12.3 Å². The van der Waals surface area contributed by atoms with Gasteiger partial charge >= 0.3 is 6.03 Å². The van der Waals surface area contributed by atoms with Gasteiger partial charge in [-0.05, 0) is 25.5 Å². The lowest BCUT2D eigenvalue weighted by Crippen LogP contribution is -2.36. The first kappa shape index (κ1) is 12.5. The molecular formula is C12H19N3O. The van der Waals surface area contributed by atoms with Crippen LogP contribution in [0.4, 0.5) is 10.6 Å². The van der Waals surface area contributed by atoms with E-state index in [1.807, 2.05) is 19.1 Å². The van der Waals surface area contributed by atoms with Crippen molar-refractivity contribution in [1.29, 1.82) is 0 Å². The topological polar surface area (TPSA) is 54.0 Å². The lowest BCUT2D eigenvalue weighted by Gasteiger charge is -2.13. The summed E-state index contributed by atoms with van der Waals surface area (Å²) in [6, 6.07) is 5.41. The van der Waals surface area contributed by atoms with Crippen molar-refractivity contribution >= 4 is 11.8 Å². The second-order valence-corrected chi connectivity index (χ2v) is 3.86. The van der Waals surface area contributed by atoms with Gasteiger partial charge in [-0.2, -0.15) is 0 Å². The van der Waals surface area contributed by atoms with E-state index in [0.717, 1.165) is 19.3 Å². The third-order valence-electron chi connectivity index (χ3n) is 2.27. The fraction of sp³-hybridized carbons (Fsp3) is 0.500.